The van der Waals surface area contributed by atoms with E-state index < -0.39 is 0 Å². The van der Waals surface area contributed by atoms with Crippen LogP contribution in [-0.2, 0) is 13.1 Å². The van der Waals surface area contributed by atoms with Crippen LogP contribution in [0.3, 0.4) is 0 Å². The summed E-state index contributed by atoms with van der Waals surface area (Å²) in [4.78, 5) is 7.06. The molecule has 0 bridgehead atoms. The smallest absolute Gasteiger partial charge is 0.0478 e. The number of hydrogen-bond donors (Lipinski definition) is 0. The molecule has 0 unspecified atom stereocenters. The Balaban J connectivity index is 1.37. The van der Waals surface area contributed by atoms with Crippen molar-refractivity contribution in [1.82, 2.24) is 4.90 Å². The van der Waals surface area contributed by atoms with Gasteiger partial charge in [0.15, 0.2) is 0 Å². The predicted molar refractivity (Wildman–Crippen MR) is 163 cm³/mol. The fraction of sp³-hybridized carbons (Fsp3) is 0.371. The molecule has 198 valence electrons. The molecule has 1 saturated heterocycles. The van der Waals surface area contributed by atoms with Gasteiger partial charge in [-0.15, -0.1) is 0 Å². The molecule has 0 spiro atoms. The molecule has 1 saturated carbocycles. The molecule has 5 rings (SSSR count). The van der Waals surface area contributed by atoms with Crippen LogP contribution < -0.4 is 9.80 Å². The van der Waals surface area contributed by atoms with E-state index >= 15 is 0 Å². The zero-order chi connectivity index (χ0) is 26.5. The molecule has 2 fully saturated rings. The molecule has 3 aromatic rings. The van der Waals surface area contributed by atoms with E-state index in [1.165, 1.54) is 83.5 Å². The van der Waals surface area contributed by atoms with Crippen molar-refractivity contribution in [2.24, 2.45) is 5.92 Å². The molecular formula is C35H43N3. The molecule has 0 radical (unpaired) electrons. The van der Waals surface area contributed by atoms with Crippen LogP contribution >= 0.6 is 0 Å². The second kappa shape index (κ2) is 11.9. The second-order valence-corrected chi connectivity index (χ2v) is 11.3. The van der Waals surface area contributed by atoms with Gasteiger partial charge < -0.3 is 14.7 Å². The first-order chi connectivity index (χ1) is 18.5. The van der Waals surface area contributed by atoms with Crippen molar-refractivity contribution in [3.63, 3.8) is 0 Å². The third kappa shape index (κ3) is 6.15. The highest BCUT2D eigenvalue weighted by molar-refractivity contribution is 5.66. The highest BCUT2D eigenvalue weighted by Crippen LogP contribution is 2.35. The Morgan fingerprint density at radius 3 is 2.13 bits per heavy atom. The summed E-state index contributed by atoms with van der Waals surface area (Å²) in [5.74, 6) is 0.570. The van der Waals surface area contributed by atoms with Crippen LogP contribution in [0.4, 0.5) is 11.4 Å². The minimum Gasteiger partial charge on any atom is -0.378 e. The summed E-state index contributed by atoms with van der Waals surface area (Å²) in [6.45, 7) is 11.9. The van der Waals surface area contributed by atoms with Gasteiger partial charge in [0.2, 0.25) is 0 Å². The quantitative estimate of drug-likeness (QED) is 0.288. The Labute approximate surface area is 230 Å². The van der Waals surface area contributed by atoms with Crippen LogP contribution in [-0.4, -0.2) is 25.5 Å². The Kier molecular flexibility index (Phi) is 8.22. The van der Waals surface area contributed by atoms with E-state index in [0.29, 0.717) is 5.92 Å². The lowest BCUT2D eigenvalue weighted by Gasteiger charge is -2.34. The minimum absolute atomic E-state index is 0.570. The van der Waals surface area contributed by atoms with E-state index in [1.54, 1.807) is 0 Å². The van der Waals surface area contributed by atoms with Crippen molar-refractivity contribution in [2.45, 2.75) is 58.0 Å². The van der Waals surface area contributed by atoms with Crippen molar-refractivity contribution >= 4 is 11.4 Å². The van der Waals surface area contributed by atoms with Crippen LogP contribution in [0.25, 0.3) is 11.1 Å². The van der Waals surface area contributed by atoms with E-state index in [9.17, 15) is 0 Å². The van der Waals surface area contributed by atoms with Crippen molar-refractivity contribution in [1.29, 1.82) is 0 Å². The average Bonchev–Trinajstić information content (AvgIpc) is 3.36. The number of hydrogen-bond acceptors (Lipinski definition) is 3. The Bertz CT molecular complexity index is 1230. The third-order valence-corrected chi connectivity index (χ3v) is 8.37. The van der Waals surface area contributed by atoms with Crippen LogP contribution in [0.1, 0.15) is 56.1 Å². The summed E-state index contributed by atoms with van der Waals surface area (Å²) in [5.41, 5.74) is 10.2. The summed E-state index contributed by atoms with van der Waals surface area (Å²) < 4.78 is 0. The summed E-state index contributed by atoms with van der Waals surface area (Å²) in [6.07, 6.45) is 8.84. The number of anilines is 2. The van der Waals surface area contributed by atoms with Gasteiger partial charge in [-0.1, -0.05) is 81.0 Å². The maximum absolute atomic E-state index is 4.68. The molecule has 0 N–H and O–H groups in total. The van der Waals surface area contributed by atoms with Crippen molar-refractivity contribution in [3.05, 3.63) is 108 Å². The van der Waals surface area contributed by atoms with Crippen LogP contribution in [0.2, 0.25) is 0 Å². The van der Waals surface area contributed by atoms with E-state index in [4.69, 9.17) is 0 Å². The van der Waals surface area contributed by atoms with Gasteiger partial charge in [-0.2, -0.15) is 0 Å². The molecule has 1 aliphatic carbocycles. The molecule has 1 aliphatic heterocycles. The fourth-order valence-electron chi connectivity index (χ4n) is 5.98. The van der Waals surface area contributed by atoms with Gasteiger partial charge in [-0.05, 0) is 78.1 Å². The molecule has 0 aromatic heterocycles. The van der Waals surface area contributed by atoms with Gasteiger partial charge in [-0.3, -0.25) is 0 Å². The summed E-state index contributed by atoms with van der Waals surface area (Å²) in [7, 11) is 4.16. The van der Waals surface area contributed by atoms with E-state index in [2.05, 4.69) is 115 Å². The van der Waals surface area contributed by atoms with Gasteiger partial charge in [0.25, 0.3) is 0 Å². The molecule has 3 heteroatoms. The monoisotopic (exact) mass is 505 g/mol. The normalized spacial score (nSPS) is 16.1. The molecule has 0 amide bonds. The Hall–Kier alpha value is -3.46. The molecular weight excluding hydrogens is 462 g/mol. The third-order valence-electron chi connectivity index (χ3n) is 8.37. The molecule has 2 aliphatic rings. The molecule has 0 atom stereocenters. The topological polar surface area (TPSA) is 9.72 Å². The van der Waals surface area contributed by atoms with Crippen LogP contribution in [0, 0.1) is 5.92 Å². The summed E-state index contributed by atoms with van der Waals surface area (Å²) in [6, 6.07) is 27.0. The second-order valence-electron chi connectivity index (χ2n) is 11.3. The van der Waals surface area contributed by atoms with Gasteiger partial charge in [0, 0.05) is 56.5 Å². The van der Waals surface area contributed by atoms with Gasteiger partial charge in [-0.25, -0.2) is 0 Å². The molecule has 3 aromatic carbocycles. The first-order valence-electron chi connectivity index (χ1n) is 14.3. The van der Waals surface area contributed by atoms with Gasteiger partial charge in [0.1, 0.15) is 0 Å². The zero-order valence-electron chi connectivity index (χ0n) is 23.3. The molecule has 38 heavy (non-hydrogen) atoms. The average molecular weight is 506 g/mol. The number of benzene rings is 3. The Morgan fingerprint density at radius 2 is 1.50 bits per heavy atom. The molecule has 3 nitrogen and oxygen atoms in total. The van der Waals surface area contributed by atoms with Crippen molar-refractivity contribution < 1.29 is 0 Å². The standard InChI is InChI=1S/C35H43N3/c1-27-10-9-23-37(27)25-30-11-8-14-35(24-30)38(28(2)31-12-6-5-7-13-31)26-29-15-17-32(18-16-29)33-19-21-34(22-20-33)36(3)4/h8,11,14-22,24,31H,1-2,5-7,9-10,12-13,23,25-26H2,3-4H3. The number of likely N-dealkylation sites (tertiary alicyclic amines) is 1. The molecule has 1 heterocycles. The van der Waals surface area contributed by atoms with Crippen molar-refractivity contribution in [3.8, 4) is 11.1 Å². The number of rotatable bonds is 9. The minimum atomic E-state index is 0.570. The first-order valence-corrected chi connectivity index (χ1v) is 14.3. The van der Waals surface area contributed by atoms with Gasteiger partial charge in [0.05, 0.1) is 0 Å². The number of nitrogens with zero attached hydrogens (tertiary/aromatic N) is 3. The van der Waals surface area contributed by atoms with Crippen molar-refractivity contribution in [2.75, 3.05) is 30.4 Å². The predicted octanol–water partition coefficient (Wildman–Crippen LogP) is 8.63. The summed E-state index contributed by atoms with van der Waals surface area (Å²) >= 11 is 0. The van der Waals surface area contributed by atoms with E-state index in [-0.39, 0.29) is 0 Å². The lowest BCUT2D eigenvalue weighted by Crippen LogP contribution is -2.27. The highest BCUT2D eigenvalue weighted by Gasteiger charge is 2.23. The highest BCUT2D eigenvalue weighted by atomic mass is 15.2. The number of allylic oxidation sites excluding steroid dienone is 2. The fourth-order valence-corrected chi connectivity index (χ4v) is 5.98. The van der Waals surface area contributed by atoms with Gasteiger partial charge >= 0.3 is 0 Å². The first kappa shape index (κ1) is 26.2. The SMILES string of the molecule is C=C1CCCN1Cc1cccc(N(Cc2ccc(-c3ccc(N(C)C)cc3)cc2)C(=C)C2CCCCC2)c1. The lowest BCUT2D eigenvalue weighted by atomic mass is 9.86. The maximum Gasteiger partial charge on any atom is 0.0478 e. The zero-order valence-corrected chi connectivity index (χ0v) is 23.3. The van der Waals surface area contributed by atoms with Crippen LogP contribution in [0.15, 0.2) is 97.3 Å². The van der Waals surface area contributed by atoms with Crippen LogP contribution in [0.5, 0.6) is 0 Å². The largest absolute Gasteiger partial charge is 0.378 e. The summed E-state index contributed by atoms with van der Waals surface area (Å²) in [5, 5.41) is 0. The van der Waals surface area contributed by atoms with E-state index in [0.717, 1.165) is 26.1 Å². The maximum atomic E-state index is 4.68. The van der Waals surface area contributed by atoms with E-state index in [1.807, 2.05) is 0 Å². The Morgan fingerprint density at radius 1 is 0.816 bits per heavy atom. The lowest BCUT2D eigenvalue weighted by molar-refractivity contribution is 0.387.